The van der Waals surface area contributed by atoms with Gasteiger partial charge in [-0.25, -0.2) is 9.78 Å². The number of para-hydroxylation sites is 1. The average Bonchev–Trinajstić information content (AvgIpc) is 4.07. The number of amides is 8. The van der Waals surface area contributed by atoms with Crippen molar-refractivity contribution in [3.05, 3.63) is 90.1 Å². The van der Waals surface area contributed by atoms with E-state index >= 15 is 0 Å². The van der Waals surface area contributed by atoms with Gasteiger partial charge in [-0.2, -0.15) is 0 Å². The molecule has 1 saturated heterocycles. The Kier molecular flexibility index (Phi) is 22.7. The number of rotatable bonds is 18. The second-order valence-corrected chi connectivity index (χ2v) is 18.5. The lowest BCUT2D eigenvalue weighted by molar-refractivity contribution is -0.142. The van der Waals surface area contributed by atoms with Gasteiger partial charge >= 0.3 is 5.97 Å². The average molecular weight is 1070 g/mol. The van der Waals surface area contributed by atoms with Gasteiger partial charge in [0.15, 0.2) is 11.9 Å². The lowest BCUT2D eigenvalue weighted by Gasteiger charge is -2.28. The molecule has 4 aromatic rings. The smallest absolute Gasteiger partial charge is 0.326 e. The van der Waals surface area contributed by atoms with Crippen molar-refractivity contribution in [1.82, 2.24) is 68.1 Å². The maximum Gasteiger partial charge on any atom is 0.326 e. The number of fused-ring (bicyclic) bond motifs is 1. The third-order valence-electron chi connectivity index (χ3n) is 12.4. The quantitative estimate of drug-likeness (QED) is 0.0282. The molecule has 0 radical (unpaired) electrons. The lowest BCUT2D eigenvalue weighted by atomic mass is 10.0. The number of guanidine groups is 2. The van der Waals surface area contributed by atoms with Gasteiger partial charge in [-0.05, 0) is 62.1 Å². The van der Waals surface area contributed by atoms with Crippen LogP contribution in [0.3, 0.4) is 0 Å². The maximum atomic E-state index is 14.7. The number of aromatic nitrogens is 3. The second kappa shape index (κ2) is 29.7. The third kappa shape index (κ3) is 19.6. The van der Waals surface area contributed by atoms with Crippen molar-refractivity contribution >= 4 is 76.0 Å². The summed E-state index contributed by atoms with van der Waals surface area (Å²) in [7, 11) is 0. The molecule has 7 atom stereocenters. The van der Waals surface area contributed by atoms with Crippen molar-refractivity contribution in [2.45, 2.75) is 120 Å². The molecule has 27 heteroatoms. The Morgan fingerprint density at radius 3 is 2.01 bits per heavy atom. The Hall–Kier alpha value is -9.04. The monoisotopic (exact) mass is 1070 g/mol. The zero-order valence-corrected chi connectivity index (χ0v) is 42.6. The highest BCUT2D eigenvalue weighted by molar-refractivity contribution is 5.98. The number of nitrogens with one attached hydrogen (secondary N) is 14. The Bertz CT molecular complexity index is 2700. The number of carboxylic acid groups (broad SMARTS) is 1. The molecule has 0 spiro atoms. The fraction of sp³-hybridized carbons (Fsp3) is 0.440. The van der Waals surface area contributed by atoms with Gasteiger partial charge in [0.1, 0.15) is 42.3 Å². The number of carbonyl (C=O) groups is 9. The van der Waals surface area contributed by atoms with Crippen LogP contribution in [0, 0.1) is 10.8 Å². The molecule has 1 aliphatic rings. The fourth-order valence-corrected chi connectivity index (χ4v) is 8.51. The van der Waals surface area contributed by atoms with Crippen molar-refractivity contribution in [2.24, 2.45) is 11.5 Å². The van der Waals surface area contributed by atoms with Gasteiger partial charge in [0, 0.05) is 75.5 Å². The number of H-pyrrole nitrogens is 2. The number of hydrogen-bond donors (Lipinski definition) is 17. The molecule has 1 fully saturated rings. The van der Waals surface area contributed by atoms with Crippen LogP contribution in [0.5, 0.6) is 0 Å². The second-order valence-electron chi connectivity index (χ2n) is 18.5. The summed E-state index contributed by atoms with van der Waals surface area (Å²) in [5.41, 5.74) is 13.1. The summed E-state index contributed by atoms with van der Waals surface area (Å²) >= 11 is 0. The largest absolute Gasteiger partial charge is 0.480 e. The molecule has 5 rings (SSSR count). The zero-order chi connectivity index (χ0) is 55.9. The molecule has 0 saturated carbocycles. The molecule has 0 aliphatic carbocycles. The van der Waals surface area contributed by atoms with E-state index in [0.717, 1.165) is 10.9 Å². The topological polar surface area (TPSA) is 438 Å². The van der Waals surface area contributed by atoms with Crippen LogP contribution in [0.25, 0.3) is 10.9 Å². The number of hydrogen-bond acceptors (Lipinski definition) is 12. The molecule has 19 N–H and O–H groups in total. The number of carboxylic acids is 1. The SMILES string of the molecule is CC(=O)N[C@@H](CCCNC(=N)N)C(=O)NC1CCCNC(=O)CCC(C(=O)O)NC(=O)[C@H](Cc2c[nH]c3ccccc23)NC(=O)[C@H](CCCNC(=N)N)NC(=O)C(Cc2ccccc2)NC(=O)[C@H](Cc2c[nH]cn2)NC1=O. The number of aromatic amines is 2. The molecule has 8 amide bonds. The highest BCUT2D eigenvalue weighted by Crippen LogP contribution is 2.20. The summed E-state index contributed by atoms with van der Waals surface area (Å²) in [5.74, 6) is -8.38. The first-order valence-electron chi connectivity index (χ1n) is 25.2. The van der Waals surface area contributed by atoms with Gasteiger partial charge in [-0.3, -0.25) is 49.2 Å². The van der Waals surface area contributed by atoms with Gasteiger partial charge in [0.25, 0.3) is 0 Å². The summed E-state index contributed by atoms with van der Waals surface area (Å²) < 4.78 is 0. The molecule has 3 heterocycles. The van der Waals surface area contributed by atoms with Crippen LogP contribution >= 0.6 is 0 Å². The van der Waals surface area contributed by atoms with Crippen molar-refractivity contribution in [3.8, 4) is 0 Å². The van der Waals surface area contributed by atoms with Crippen molar-refractivity contribution in [2.75, 3.05) is 19.6 Å². The first kappa shape index (κ1) is 58.8. The predicted octanol–water partition coefficient (Wildman–Crippen LogP) is -2.37. The van der Waals surface area contributed by atoms with E-state index < -0.39 is 95.5 Å². The molecule has 1 aliphatic heterocycles. The number of carbonyl (C=O) groups excluding carboxylic acids is 8. The van der Waals surface area contributed by atoms with Gasteiger partial charge in [0.2, 0.25) is 47.3 Å². The zero-order valence-electron chi connectivity index (χ0n) is 42.6. The van der Waals surface area contributed by atoms with Crippen LogP contribution < -0.4 is 64.6 Å². The standard InChI is InChI=1S/C50H69N17O10/c1-28(68)61-34(14-8-20-57-49(51)52)42(70)62-35-15-7-19-56-41(69)18-17-37(48(76)77)64-46(74)39(23-30-25-59-33-13-6-5-12-32(30)33)66-43(71)36(16-9-21-58-50(53)54)63-45(73)38(22-29-10-3-2-4-11-29)65-47(75)40(67-44(35)72)24-31-26-55-27-60-31/h2-6,10-13,25-27,34-40,59H,7-9,14-24H2,1H3,(H,55,60)(H,56,69)(H,61,68)(H,62,70)(H,63,73)(H,64,74)(H,65,75)(H,66,71)(H,67,72)(H,76,77)(H4,51,52,57)(H4,53,54,58)/t34-,35?,36-,37?,38?,39-,40-/m0/s1. The number of benzene rings is 2. The van der Waals surface area contributed by atoms with E-state index in [9.17, 15) is 48.3 Å². The summed E-state index contributed by atoms with van der Waals surface area (Å²) in [4.78, 5) is 135. The minimum atomic E-state index is -1.61. The Labute approximate surface area is 443 Å². The van der Waals surface area contributed by atoms with E-state index in [1.807, 2.05) is 6.07 Å². The van der Waals surface area contributed by atoms with E-state index in [-0.39, 0.29) is 102 Å². The minimum Gasteiger partial charge on any atom is -0.480 e. The number of aliphatic carboxylic acids is 1. The highest BCUT2D eigenvalue weighted by Gasteiger charge is 2.35. The summed E-state index contributed by atoms with van der Waals surface area (Å²) in [6.07, 6.45) is 3.54. The summed E-state index contributed by atoms with van der Waals surface area (Å²) in [6, 6.07) is 5.92. The molecular formula is C50H69N17O10. The third-order valence-corrected chi connectivity index (χ3v) is 12.4. The molecule has 2 aromatic heterocycles. The molecule has 3 unspecified atom stereocenters. The number of nitrogens with zero attached hydrogens (tertiary/aromatic N) is 1. The fourth-order valence-electron chi connectivity index (χ4n) is 8.51. The van der Waals surface area contributed by atoms with Crippen LogP contribution in [0.15, 0.2) is 73.3 Å². The molecule has 27 nitrogen and oxygen atoms in total. The van der Waals surface area contributed by atoms with E-state index in [2.05, 4.69) is 68.1 Å². The number of imidazole rings is 1. The van der Waals surface area contributed by atoms with Crippen LogP contribution in [0.2, 0.25) is 0 Å². The Morgan fingerprint density at radius 2 is 1.35 bits per heavy atom. The van der Waals surface area contributed by atoms with Gasteiger partial charge in [-0.1, -0.05) is 48.5 Å². The first-order valence-corrected chi connectivity index (χ1v) is 25.2. The van der Waals surface area contributed by atoms with Gasteiger partial charge in [-0.15, -0.1) is 0 Å². The molecule has 77 heavy (non-hydrogen) atoms. The first-order chi connectivity index (χ1) is 36.9. The van der Waals surface area contributed by atoms with Crippen LogP contribution in [-0.2, 0) is 62.4 Å². The van der Waals surface area contributed by atoms with Crippen molar-refractivity contribution in [3.63, 3.8) is 0 Å². The normalized spacial score (nSPS) is 20.8. The van der Waals surface area contributed by atoms with Crippen LogP contribution in [0.4, 0.5) is 0 Å². The molecule has 414 valence electrons. The van der Waals surface area contributed by atoms with E-state index in [0.29, 0.717) is 16.8 Å². The molecular weight excluding hydrogens is 999 g/mol. The highest BCUT2D eigenvalue weighted by atomic mass is 16.4. The molecule has 0 bridgehead atoms. The maximum absolute atomic E-state index is 14.7. The number of nitrogens with two attached hydrogens (primary N) is 2. The summed E-state index contributed by atoms with van der Waals surface area (Å²) in [5, 5.41) is 52.6. The van der Waals surface area contributed by atoms with Crippen LogP contribution in [-0.4, -0.2) is 147 Å². The van der Waals surface area contributed by atoms with Crippen LogP contribution in [0.1, 0.15) is 75.1 Å². The molecule has 2 aromatic carbocycles. The van der Waals surface area contributed by atoms with E-state index in [1.165, 1.54) is 19.4 Å². The van der Waals surface area contributed by atoms with E-state index in [1.54, 1.807) is 54.7 Å². The van der Waals surface area contributed by atoms with Crippen molar-refractivity contribution < 1.29 is 48.3 Å². The lowest BCUT2D eigenvalue weighted by Crippen LogP contribution is -2.60. The summed E-state index contributed by atoms with van der Waals surface area (Å²) in [6.45, 7) is 1.41. The van der Waals surface area contributed by atoms with Gasteiger partial charge in [0.05, 0.1) is 12.0 Å². The Balaban J connectivity index is 1.54. The Morgan fingerprint density at radius 1 is 0.740 bits per heavy atom. The van der Waals surface area contributed by atoms with Gasteiger partial charge < -0.3 is 79.7 Å². The van der Waals surface area contributed by atoms with E-state index in [4.69, 9.17) is 22.3 Å². The predicted molar refractivity (Wildman–Crippen MR) is 281 cm³/mol. The minimum absolute atomic E-state index is 0.0489. The van der Waals surface area contributed by atoms with Crippen molar-refractivity contribution in [1.29, 1.82) is 10.8 Å².